The average Bonchev–Trinajstić information content (AvgIpc) is 2.67. The first kappa shape index (κ1) is 22.0. The van der Waals surface area contributed by atoms with E-state index in [0.29, 0.717) is 19.4 Å². The van der Waals surface area contributed by atoms with Gasteiger partial charge < -0.3 is 10.6 Å². The van der Waals surface area contributed by atoms with Crippen LogP contribution in [0.2, 0.25) is 0 Å². The van der Waals surface area contributed by atoms with Crippen LogP contribution in [0.15, 0.2) is 42.6 Å². The van der Waals surface area contributed by atoms with Crippen LogP contribution in [0.25, 0.3) is 0 Å². The van der Waals surface area contributed by atoms with Crippen molar-refractivity contribution in [1.29, 1.82) is 0 Å². The Balaban J connectivity index is 1.76. The minimum absolute atomic E-state index is 0.102. The highest BCUT2D eigenvalue weighted by Crippen LogP contribution is 2.31. The maximum atomic E-state index is 12.9. The van der Waals surface area contributed by atoms with E-state index in [2.05, 4.69) is 15.6 Å². The minimum atomic E-state index is -4.49. The SMILES string of the molecule is CS(=O)(=O)N1CCCC(NC(=O)c2cccnc2Nc2cccc(C(F)(F)F)c2)C1. The molecule has 3 rings (SSSR count). The van der Waals surface area contributed by atoms with Crippen LogP contribution in [0.5, 0.6) is 0 Å². The Bertz CT molecular complexity index is 1030. The van der Waals surface area contributed by atoms with Gasteiger partial charge in [0.2, 0.25) is 10.0 Å². The van der Waals surface area contributed by atoms with Gasteiger partial charge in [0.05, 0.1) is 17.4 Å². The number of hydrogen-bond donors (Lipinski definition) is 2. The Morgan fingerprint density at radius 1 is 1.23 bits per heavy atom. The quantitative estimate of drug-likeness (QED) is 0.743. The smallest absolute Gasteiger partial charge is 0.348 e. The Morgan fingerprint density at radius 3 is 2.70 bits per heavy atom. The number of carbonyl (C=O) groups excluding carboxylic acids is 1. The van der Waals surface area contributed by atoms with E-state index in [9.17, 15) is 26.4 Å². The largest absolute Gasteiger partial charge is 0.416 e. The normalized spacial score (nSPS) is 18.1. The van der Waals surface area contributed by atoms with E-state index in [-0.39, 0.29) is 29.7 Å². The lowest BCUT2D eigenvalue weighted by Gasteiger charge is -2.31. The first-order valence-corrected chi connectivity index (χ1v) is 11.0. The molecule has 1 atom stereocenters. The van der Waals surface area contributed by atoms with E-state index in [1.165, 1.54) is 34.8 Å². The molecule has 0 radical (unpaired) electrons. The van der Waals surface area contributed by atoms with Gasteiger partial charge in [-0.2, -0.15) is 13.2 Å². The lowest BCUT2D eigenvalue weighted by Crippen LogP contribution is -2.49. The molecule has 1 aromatic carbocycles. The first-order chi connectivity index (χ1) is 14.0. The van der Waals surface area contributed by atoms with E-state index in [4.69, 9.17) is 0 Å². The van der Waals surface area contributed by atoms with Crippen LogP contribution in [0.4, 0.5) is 24.7 Å². The maximum Gasteiger partial charge on any atom is 0.416 e. The van der Waals surface area contributed by atoms with Gasteiger partial charge in [0.1, 0.15) is 5.82 Å². The average molecular weight is 442 g/mol. The molecule has 1 fully saturated rings. The zero-order chi connectivity index (χ0) is 21.9. The van der Waals surface area contributed by atoms with E-state index in [1.807, 2.05) is 0 Å². The summed E-state index contributed by atoms with van der Waals surface area (Å²) in [4.78, 5) is 16.8. The number of anilines is 2. The highest BCUT2D eigenvalue weighted by molar-refractivity contribution is 7.88. The molecule has 1 amide bonds. The van der Waals surface area contributed by atoms with Crippen LogP contribution >= 0.6 is 0 Å². The molecule has 1 saturated heterocycles. The maximum absolute atomic E-state index is 12.9. The third-order valence-electron chi connectivity index (χ3n) is 4.69. The topological polar surface area (TPSA) is 91.4 Å². The van der Waals surface area contributed by atoms with Gasteiger partial charge >= 0.3 is 6.18 Å². The zero-order valence-corrected chi connectivity index (χ0v) is 16.9. The van der Waals surface area contributed by atoms with E-state index in [1.54, 1.807) is 0 Å². The van der Waals surface area contributed by atoms with Crippen molar-refractivity contribution in [3.8, 4) is 0 Å². The second-order valence-corrected chi connectivity index (χ2v) is 9.02. The zero-order valence-electron chi connectivity index (χ0n) is 16.1. The predicted molar refractivity (Wildman–Crippen MR) is 106 cm³/mol. The first-order valence-electron chi connectivity index (χ1n) is 9.19. The lowest BCUT2D eigenvalue weighted by molar-refractivity contribution is -0.137. The Hall–Kier alpha value is -2.66. The van der Waals surface area contributed by atoms with Gasteiger partial charge in [-0.25, -0.2) is 17.7 Å². The number of sulfonamides is 1. The molecule has 0 aliphatic carbocycles. The molecule has 1 aromatic heterocycles. The highest BCUT2D eigenvalue weighted by atomic mass is 32.2. The van der Waals surface area contributed by atoms with Gasteiger partial charge in [0, 0.05) is 31.0 Å². The van der Waals surface area contributed by atoms with Crippen LogP contribution in [-0.4, -0.2) is 49.0 Å². The molecule has 0 bridgehead atoms. The fraction of sp³-hybridized carbons (Fsp3) is 0.368. The van der Waals surface area contributed by atoms with Gasteiger partial charge in [-0.15, -0.1) is 0 Å². The number of aromatic nitrogens is 1. The predicted octanol–water partition coefficient (Wildman–Crippen LogP) is 3.00. The molecule has 0 spiro atoms. The summed E-state index contributed by atoms with van der Waals surface area (Å²) in [6.07, 6.45) is -0.725. The van der Waals surface area contributed by atoms with Gasteiger partial charge in [-0.3, -0.25) is 4.79 Å². The Kier molecular flexibility index (Phi) is 6.32. The summed E-state index contributed by atoms with van der Waals surface area (Å²) in [5.41, 5.74) is -0.539. The molecule has 1 unspecified atom stereocenters. The number of nitrogens with one attached hydrogen (secondary N) is 2. The van der Waals surface area contributed by atoms with E-state index in [0.717, 1.165) is 18.4 Å². The number of carbonyl (C=O) groups is 1. The van der Waals surface area contributed by atoms with Crippen molar-refractivity contribution in [2.24, 2.45) is 0 Å². The molecular weight excluding hydrogens is 421 g/mol. The lowest BCUT2D eigenvalue weighted by atomic mass is 10.1. The van der Waals surface area contributed by atoms with Crippen molar-refractivity contribution in [3.63, 3.8) is 0 Å². The number of nitrogens with zero attached hydrogens (tertiary/aromatic N) is 2. The number of rotatable bonds is 5. The van der Waals surface area contributed by atoms with E-state index >= 15 is 0 Å². The van der Waals surface area contributed by atoms with Crippen molar-refractivity contribution < 1.29 is 26.4 Å². The van der Waals surface area contributed by atoms with Crippen LogP contribution in [-0.2, 0) is 16.2 Å². The summed E-state index contributed by atoms with van der Waals surface area (Å²) in [6, 6.07) is 7.25. The number of hydrogen-bond acceptors (Lipinski definition) is 5. The minimum Gasteiger partial charge on any atom is -0.348 e. The van der Waals surface area contributed by atoms with Crippen molar-refractivity contribution in [3.05, 3.63) is 53.7 Å². The molecule has 162 valence electrons. The van der Waals surface area contributed by atoms with Crippen molar-refractivity contribution in [1.82, 2.24) is 14.6 Å². The van der Waals surface area contributed by atoms with Crippen molar-refractivity contribution in [2.75, 3.05) is 24.7 Å². The highest BCUT2D eigenvalue weighted by Gasteiger charge is 2.31. The molecule has 2 heterocycles. The molecule has 2 aromatic rings. The standard InChI is InChI=1S/C19H21F3N4O3S/c1-30(28,29)26-10-4-7-15(12-26)25-18(27)16-8-3-9-23-17(16)24-14-6-2-5-13(11-14)19(20,21)22/h2-3,5-6,8-9,11,15H,4,7,10,12H2,1H3,(H,23,24)(H,25,27). The summed E-state index contributed by atoms with van der Waals surface area (Å²) in [5, 5.41) is 5.55. The molecule has 7 nitrogen and oxygen atoms in total. The number of alkyl halides is 3. The van der Waals surface area contributed by atoms with Gasteiger partial charge in [-0.05, 0) is 43.2 Å². The second kappa shape index (κ2) is 8.60. The van der Waals surface area contributed by atoms with Crippen LogP contribution in [0, 0.1) is 0 Å². The molecule has 1 aliphatic heterocycles. The number of piperidine rings is 1. The summed E-state index contributed by atoms with van der Waals surface area (Å²) in [5.74, 6) is -0.386. The van der Waals surface area contributed by atoms with Crippen molar-refractivity contribution >= 4 is 27.4 Å². The molecule has 0 saturated carbocycles. The molecule has 30 heavy (non-hydrogen) atoms. The van der Waals surface area contributed by atoms with Crippen LogP contribution in [0.1, 0.15) is 28.8 Å². The Morgan fingerprint density at radius 2 is 2.00 bits per heavy atom. The third-order valence-corrected chi connectivity index (χ3v) is 5.96. The fourth-order valence-corrected chi connectivity index (χ4v) is 4.13. The van der Waals surface area contributed by atoms with Crippen LogP contribution in [0.3, 0.4) is 0 Å². The Labute approximate surface area is 172 Å². The van der Waals surface area contributed by atoms with Gasteiger partial charge in [0.15, 0.2) is 0 Å². The number of benzene rings is 1. The summed E-state index contributed by atoms with van der Waals surface area (Å²) < 4.78 is 63.6. The fourth-order valence-electron chi connectivity index (χ4n) is 3.22. The number of pyridine rings is 1. The number of halogens is 3. The second-order valence-electron chi connectivity index (χ2n) is 7.04. The summed E-state index contributed by atoms with van der Waals surface area (Å²) in [7, 11) is -3.36. The van der Waals surface area contributed by atoms with Crippen molar-refractivity contribution in [2.45, 2.75) is 25.1 Å². The summed E-state index contributed by atoms with van der Waals surface area (Å²) >= 11 is 0. The third kappa shape index (κ3) is 5.48. The van der Waals surface area contributed by atoms with Gasteiger partial charge in [-0.1, -0.05) is 6.07 Å². The number of amides is 1. The van der Waals surface area contributed by atoms with Gasteiger partial charge in [0.25, 0.3) is 5.91 Å². The van der Waals surface area contributed by atoms with E-state index < -0.39 is 27.7 Å². The molecule has 11 heteroatoms. The molecular formula is C19H21F3N4O3S. The summed E-state index contributed by atoms with van der Waals surface area (Å²) in [6.45, 7) is 0.571. The van der Waals surface area contributed by atoms with Crippen LogP contribution < -0.4 is 10.6 Å². The molecule has 2 N–H and O–H groups in total. The molecule has 1 aliphatic rings. The monoisotopic (exact) mass is 442 g/mol.